The number of nitro groups is 1. The van der Waals surface area contributed by atoms with Crippen LogP contribution in [0.1, 0.15) is 36.0 Å². The SMILES string of the molecule is O=C(Nc1ccc([N+](=O)[O-])cc1)Nc1ccc(N2CCCC2)c(C(=O)NC2CC2)c1. The summed E-state index contributed by atoms with van der Waals surface area (Å²) in [5.74, 6) is -0.126. The molecule has 9 nitrogen and oxygen atoms in total. The Kier molecular flexibility index (Phi) is 5.51. The first-order chi connectivity index (χ1) is 14.5. The maximum absolute atomic E-state index is 12.8. The zero-order valence-corrected chi connectivity index (χ0v) is 16.4. The Labute approximate surface area is 173 Å². The zero-order valence-electron chi connectivity index (χ0n) is 16.4. The number of nitrogens with one attached hydrogen (secondary N) is 3. The highest BCUT2D eigenvalue weighted by Crippen LogP contribution is 2.29. The fourth-order valence-corrected chi connectivity index (χ4v) is 3.48. The fraction of sp³-hybridized carbons (Fsp3) is 0.333. The van der Waals surface area contributed by atoms with E-state index in [1.807, 2.05) is 6.07 Å². The lowest BCUT2D eigenvalue weighted by molar-refractivity contribution is -0.384. The van der Waals surface area contributed by atoms with Crippen LogP contribution in [-0.4, -0.2) is 36.0 Å². The number of carbonyl (C=O) groups excluding carboxylic acids is 2. The molecular formula is C21H23N5O4. The van der Waals surface area contributed by atoms with Gasteiger partial charge >= 0.3 is 6.03 Å². The van der Waals surface area contributed by atoms with Gasteiger partial charge in [0, 0.05) is 48.3 Å². The van der Waals surface area contributed by atoms with Crippen LogP contribution >= 0.6 is 0 Å². The molecule has 2 fully saturated rings. The van der Waals surface area contributed by atoms with E-state index in [1.165, 1.54) is 24.3 Å². The Hall–Kier alpha value is -3.62. The van der Waals surface area contributed by atoms with Gasteiger partial charge in [0.15, 0.2) is 0 Å². The Morgan fingerprint density at radius 2 is 1.60 bits per heavy atom. The van der Waals surface area contributed by atoms with E-state index in [0.29, 0.717) is 16.9 Å². The standard InChI is InChI=1S/C21H23N5O4/c27-20(22-14-3-4-14)18-13-16(7-10-19(18)25-11-1-2-12-25)24-21(28)23-15-5-8-17(9-6-15)26(29)30/h5-10,13-14H,1-4,11-12H2,(H,22,27)(H2,23,24,28). The molecule has 3 N–H and O–H groups in total. The number of carbonyl (C=O) groups is 2. The van der Waals surface area contributed by atoms with Crippen LogP contribution in [-0.2, 0) is 0 Å². The van der Waals surface area contributed by atoms with Crippen molar-refractivity contribution in [3.8, 4) is 0 Å². The summed E-state index contributed by atoms with van der Waals surface area (Å²) in [5, 5.41) is 19.1. The minimum Gasteiger partial charge on any atom is -0.371 e. The molecule has 1 saturated carbocycles. The predicted octanol–water partition coefficient (Wildman–Crippen LogP) is 3.73. The van der Waals surface area contributed by atoms with Gasteiger partial charge in [-0.25, -0.2) is 4.79 Å². The van der Waals surface area contributed by atoms with E-state index < -0.39 is 11.0 Å². The molecule has 1 aliphatic carbocycles. The summed E-state index contributed by atoms with van der Waals surface area (Å²) in [6.07, 6.45) is 4.20. The van der Waals surface area contributed by atoms with Gasteiger partial charge in [-0.2, -0.15) is 0 Å². The molecular weight excluding hydrogens is 386 g/mol. The summed E-state index contributed by atoms with van der Waals surface area (Å²) in [4.78, 5) is 37.5. The average molecular weight is 409 g/mol. The molecule has 156 valence electrons. The van der Waals surface area contributed by atoms with Gasteiger partial charge in [-0.1, -0.05) is 0 Å². The molecule has 0 unspecified atom stereocenters. The molecule has 1 aliphatic heterocycles. The van der Waals surface area contributed by atoms with Gasteiger partial charge in [0.05, 0.1) is 10.5 Å². The number of rotatable bonds is 6. The van der Waals surface area contributed by atoms with E-state index in [9.17, 15) is 19.7 Å². The topological polar surface area (TPSA) is 117 Å². The monoisotopic (exact) mass is 409 g/mol. The van der Waals surface area contributed by atoms with Gasteiger partial charge in [-0.15, -0.1) is 0 Å². The Bertz CT molecular complexity index is 966. The summed E-state index contributed by atoms with van der Waals surface area (Å²) >= 11 is 0. The van der Waals surface area contributed by atoms with Gasteiger partial charge in [-0.3, -0.25) is 14.9 Å². The number of hydrogen-bond acceptors (Lipinski definition) is 5. The van der Waals surface area contributed by atoms with Crippen molar-refractivity contribution in [2.24, 2.45) is 0 Å². The van der Waals surface area contributed by atoms with Crippen molar-refractivity contribution in [2.75, 3.05) is 28.6 Å². The average Bonchev–Trinajstić information content (AvgIpc) is 3.37. The van der Waals surface area contributed by atoms with E-state index in [4.69, 9.17) is 0 Å². The lowest BCUT2D eigenvalue weighted by Crippen LogP contribution is -2.29. The molecule has 0 spiro atoms. The van der Waals surface area contributed by atoms with Crippen LogP contribution in [0.2, 0.25) is 0 Å². The number of hydrogen-bond donors (Lipinski definition) is 3. The van der Waals surface area contributed by atoms with Crippen molar-refractivity contribution in [1.29, 1.82) is 0 Å². The van der Waals surface area contributed by atoms with Crippen molar-refractivity contribution in [1.82, 2.24) is 5.32 Å². The molecule has 1 saturated heterocycles. The minimum absolute atomic E-state index is 0.0511. The normalized spacial score (nSPS) is 15.5. The number of non-ortho nitro benzene ring substituents is 1. The fourth-order valence-electron chi connectivity index (χ4n) is 3.48. The number of urea groups is 1. The number of amides is 3. The van der Waals surface area contributed by atoms with E-state index in [-0.39, 0.29) is 17.6 Å². The highest BCUT2D eigenvalue weighted by molar-refractivity contribution is 6.04. The van der Waals surface area contributed by atoms with E-state index in [1.54, 1.807) is 12.1 Å². The van der Waals surface area contributed by atoms with Gasteiger partial charge in [-0.05, 0) is 56.0 Å². The number of benzene rings is 2. The molecule has 0 atom stereocenters. The summed E-state index contributed by atoms with van der Waals surface area (Å²) < 4.78 is 0. The van der Waals surface area contributed by atoms with Crippen LogP contribution in [0.3, 0.4) is 0 Å². The van der Waals surface area contributed by atoms with Crippen molar-refractivity contribution < 1.29 is 14.5 Å². The van der Waals surface area contributed by atoms with Gasteiger partial charge in [0.25, 0.3) is 11.6 Å². The first-order valence-corrected chi connectivity index (χ1v) is 10.0. The number of nitrogens with zero attached hydrogens (tertiary/aromatic N) is 2. The second-order valence-corrected chi connectivity index (χ2v) is 7.56. The van der Waals surface area contributed by atoms with E-state index >= 15 is 0 Å². The third kappa shape index (κ3) is 4.68. The summed E-state index contributed by atoms with van der Waals surface area (Å²) in [6, 6.07) is 10.6. The first-order valence-electron chi connectivity index (χ1n) is 10.0. The minimum atomic E-state index is -0.500. The third-order valence-corrected chi connectivity index (χ3v) is 5.19. The molecule has 30 heavy (non-hydrogen) atoms. The van der Waals surface area contributed by atoms with Crippen molar-refractivity contribution in [2.45, 2.75) is 31.7 Å². The lowest BCUT2D eigenvalue weighted by atomic mass is 10.1. The van der Waals surface area contributed by atoms with Gasteiger partial charge in [0.1, 0.15) is 0 Å². The third-order valence-electron chi connectivity index (χ3n) is 5.19. The Morgan fingerprint density at radius 3 is 2.23 bits per heavy atom. The molecule has 4 rings (SSSR count). The second-order valence-electron chi connectivity index (χ2n) is 7.56. The van der Waals surface area contributed by atoms with Crippen molar-refractivity contribution >= 4 is 34.7 Å². The highest BCUT2D eigenvalue weighted by Gasteiger charge is 2.26. The molecule has 0 radical (unpaired) electrons. The molecule has 2 aliphatic rings. The Morgan fingerprint density at radius 1 is 0.967 bits per heavy atom. The molecule has 1 heterocycles. The van der Waals surface area contributed by atoms with Crippen LogP contribution in [0.4, 0.5) is 27.5 Å². The smallest absolute Gasteiger partial charge is 0.323 e. The largest absolute Gasteiger partial charge is 0.371 e. The molecule has 2 aromatic rings. The second kappa shape index (κ2) is 8.40. The van der Waals surface area contributed by atoms with Gasteiger partial charge < -0.3 is 20.9 Å². The Balaban J connectivity index is 1.48. The molecule has 0 aromatic heterocycles. The summed E-state index contributed by atoms with van der Waals surface area (Å²) in [7, 11) is 0. The maximum Gasteiger partial charge on any atom is 0.323 e. The molecule has 3 amide bonds. The summed E-state index contributed by atoms with van der Waals surface area (Å²) in [5.41, 5.74) is 2.31. The van der Waals surface area contributed by atoms with Crippen LogP contribution in [0.15, 0.2) is 42.5 Å². The van der Waals surface area contributed by atoms with Crippen LogP contribution in [0, 0.1) is 10.1 Å². The maximum atomic E-state index is 12.8. The van der Waals surface area contributed by atoms with E-state index in [0.717, 1.165) is 44.5 Å². The lowest BCUT2D eigenvalue weighted by Gasteiger charge is -2.22. The number of anilines is 3. The quantitative estimate of drug-likeness (QED) is 0.496. The highest BCUT2D eigenvalue weighted by atomic mass is 16.6. The first kappa shape index (κ1) is 19.7. The predicted molar refractivity (Wildman–Crippen MR) is 114 cm³/mol. The van der Waals surface area contributed by atoms with Crippen LogP contribution < -0.4 is 20.9 Å². The van der Waals surface area contributed by atoms with Crippen LogP contribution in [0.5, 0.6) is 0 Å². The van der Waals surface area contributed by atoms with Crippen molar-refractivity contribution in [3.05, 3.63) is 58.1 Å². The van der Waals surface area contributed by atoms with Crippen LogP contribution in [0.25, 0.3) is 0 Å². The van der Waals surface area contributed by atoms with E-state index in [2.05, 4.69) is 20.9 Å². The van der Waals surface area contributed by atoms with Gasteiger partial charge in [0.2, 0.25) is 0 Å². The molecule has 9 heteroatoms. The number of nitro benzene ring substituents is 1. The molecule has 0 bridgehead atoms. The summed E-state index contributed by atoms with van der Waals surface area (Å²) in [6.45, 7) is 1.83. The van der Waals surface area contributed by atoms with Crippen molar-refractivity contribution in [3.63, 3.8) is 0 Å². The zero-order chi connectivity index (χ0) is 21.1. The molecule has 2 aromatic carbocycles.